The van der Waals surface area contributed by atoms with Crippen molar-refractivity contribution in [3.63, 3.8) is 0 Å². The zero-order chi connectivity index (χ0) is 29.1. The number of carbonyl (C=O) groups is 3. The van der Waals surface area contributed by atoms with Crippen LogP contribution in [0.3, 0.4) is 0 Å². The summed E-state index contributed by atoms with van der Waals surface area (Å²) in [5, 5.41) is 0.949. The summed E-state index contributed by atoms with van der Waals surface area (Å²) in [5.74, 6) is -1.01. The van der Waals surface area contributed by atoms with Crippen molar-refractivity contribution in [1.29, 1.82) is 0 Å². The highest BCUT2D eigenvalue weighted by Crippen LogP contribution is 2.30. The number of para-hydroxylation sites is 2. The molecular weight excluding hydrogens is 516 g/mol. The van der Waals surface area contributed by atoms with Crippen LogP contribution in [0.2, 0.25) is 0 Å². The van der Waals surface area contributed by atoms with Crippen LogP contribution in [-0.4, -0.2) is 52.0 Å². The van der Waals surface area contributed by atoms with Crippen molar-refractivity contribution in [3.8, 4) is 0 Å². The van der Waals surface area contributed by atoms with E-state index in [9.17, 15) is 14.4 Å². The largest absolute Gasteiger partial charge is 0.443 e. The topological polar surface area (TPSA) is 109 Å². The van der Waals surface area contributed by atoms with Gasteiger partial charge in [0.15, 0.2) is 0 Å². The number of fused-ring (bicyclic) bond motifs is 2. The first-order chi connectivity index (χ1) is 19.6. The van der Waals surface area contributed by atoms with Crippen molar-refractivity contribution < 1.29 is 19.1 Å². The molecule has 0 aliphatic carbocycles. The molecule has 0 fully saturated rings. The fraction of sp³-hybridized carbons (Fsp3) is 0.303. The van der Waals surface area contributed by atoms with E-state index < -0.39 is 29.7 Å². The Labute approximate surface area is 240 Å². The average Bonchev–Trinajstić information content (AvgIpc) is 3.56. The Kier molecular flexibility index (Phi) is 7.94. The second-order valence-corrected chi connectivity index (χ2v) is 11.4. The van der Waals surface area contributed by atoms with Crippen molar-refractivity contribution in [3.05, 3.63) is 102 Å². The zero-order valence-electron chi connectivity index (χ0n) is 23.7. The number of hydrogen-bond acceptors (Lipinski definition) is 5. The Morgan fingerprint density at radius 1 is 0.951 bits per heavy atom. The molecule has 2 atom stereocenters. The lowest BCUT2D eigenvalue weighted by molar-refractivity contribution is -0.139. The number of nitrogens with zero attached hydrogens (tertiary/aromatic N) is 2. The molecule has 3 N–H and O–H groups in total. The minimum absolute atomic E-state index is 0.128. The molecule has 5 rings (SSSR count). The number of aromatic nitrogens is 1. The fourth-order valence-electron chi connectivity index (χ4n) is 5.36. The molecule has 8 heteroatoms. The van der Waals surface area contributed by atoms with E-state index in [0.29, 0.717) is 13.0 Å². The molecule has 1 aromatic heterocycles. The smallest absolute Gasteiger partial charge is 0.417 e. The molecule has 2 heterocycles. The van der Waals surface area contributed by atoms with E-state index in [0.717, 1.165) is 38.2 Å². The molecule has 3 amide bonds. The summed E-state index contributed by atoms with van der Waals surface area (Å²) in [7, 11) is 0. The van der Waals surface area contributed by atoms with E-state index in [1.165, 1.54) is 0 Å². The van der Waals surface area contributed by atoms with Crippen LogP contribution in [0, 0.1) is 0 Å². The number of H-pyrrole nitrogens is 1. The SMILES string of the molecule is CC(C)(C)OC(=O)N(C(=O)[C@@H](N)Cc1c[nH]c2ccccc12)[C@@H](Cc1ccccc1)C(=O)N1CCc2ccccc21. The molecule has 0 spiro atoms. The van der Waals surface area contributed by atoms with Gasteiger partial charge in [0, 0.05) is 35.8 Å². The number of benzene rings is 3. The normalized spacial score (nSPS) is 14.4. The standard InChI is InChI=1S/C33H36N4O4/c1-33(2,3)41-32(40)37(30(38)26(34)20-24-21-35-27-15-9-8-14-25(24)27)29(19-22-11-5-4-6-12-22)31(39)36-18-17-23-13-7-10-16-28(23)36/h4-16,21,26,29,35H,17-20,34H2,1-3H3/t26-,29-/m0/s1. The van der Waals surface area contributed by atoms with Gasteiger partial charge in [-0.3, -0.25) is 9.59 Å². The number of amides is 3. The van der Waals surface area contributed by atoms with Crippen LogP contribution in [0.5, 0.6) is 0 Å². The van der Waals surface area contributed by atoms with Gasteiger partial charge < -0.3 is 20.4 Å². The Balaban J connectivity index is 1.52. The lowest BCUT2D eigenvalue weighted by Gasteiger charge is -2.35. The Hall–Kier alpha value is -4.43. The van der Waals surface area contributed by atoms with Crippen LogP contribution < -0.4 is 10.6 Å². The maximum atomic E-state index is 14.3. The quantitative estimate of drug-likeness (QED) is 0.335. The molecule has 0 radical (unpaired) electrons. The number of hydrogen-bond donors (Lipinski definition) is 2. The van der Waals surface area contributed by atoms with Crippen LogP contribution in [0.25, 0.3) is 10.9 Å². The van der Waals surface area contributed by atoms with Crippen molar-refractivity contribution in [2.24, 2.45) is 5.73 Å². The minimum atomic E-state index is -1.15. The Morgan fingerprint density at radius 3 is 2.39 bits per heavy atom. The molecule has 8 nitrogen and oxygen atoms in total. The zero-order valence-corrected chi connectivity index (χ0v) is 23.7. The molecule has 1 aliphatic rings. The minimum Gasteiger partial charge on any atom is -0.443 e. The predicted octanol–water partition coefficient (Wildman–Crippen LogP) is 5.00. The summed E-state index contributed by atoms with van der Waals surface area (Å²) in [5.41, 5.74) is 10.1. The molecule has 4 aromatic rings. The van der Waals surface area contributed by atoms with E-state index in [1.807, 2.05) is 85.1 Å². The Morgan fingerprint density at radius 2 is 1.63 bits per heavy atom. The first kappa shape index (κ1) is 28.1. The second-order valence-electron chi connectivity index (χ2n) is 11.4. The van der Waals surface area contributed by atoms with E-state index in [4.69, 9.17) is 10.5 Å². The molecule has 1 aliphatic heterocycles. The van der Waals surface area contributed by atoms with Crippen LogP contribution in [0.15, 0.2) is 85.1 Å². The van der Waals surface area contributed by atoms with Gasteiger partial charge in [-0.1, -0.05) is 66.7 Å². The highest BCUT2D eigenvalue weighted by Gasteiger charge is 2.42. The van der Waals surface area contributed by atoms with Gasteiger partial charge in [-0.05, 0) is 62.4 Å². The molecule has 0 bridgehead atoms. The first-order valence-corrected chi connectivity index (χ1v) is 13.9. The predicted molar refractivity (Wildman–Crippen MR) is 159 cm³/mol. The fourth-order valence-corrected chi connectivity index (χ4v) is 5.36. The number of rotatable bonds is 7. The second kappa shape index (κ2) is 11.6. The van der Waals surface area contributed by atoms with Gasteiger partial charge in [0.2, 0.25) is 5.91 Å². The van der Waals surface area contributed by atoms with E-state index >= 15 is 0 Å². The van der Waals surface area contributed by atoms with Gasteiger partial charge in [-0.2, -0.15) is 0 Å². The summed E-state index contributed by atoms with van der Waals surface area (Å²) < 4.78 is 5.71. The molecule has 3 aromatic carbocycles. The average molecular weight is 553 g/mol. The third-order valence-electron chi connectivity index (χ3n) is 7.28. The van der Waals surface area contributed by atoms with Crippen molar-refractivity contribution in [2.75, 3.05) is 11.4 Å². The number of nitrogens with two attached hydrogens (primary N) is 1. The molecule has 212 valence electrons. The van der Waals surface area contributed by atoms with Crippen LogP contribution in [-0.2, 0) is 33.6 Å². The van der Waals surface area contributed by atoms with Gasteiger partial charge in [-0.25, -0.2) is 9.69 Å². The number of imide groups is 1. The summed E-state index contributed by atoms with van der Waals surface area (Å²) >= 11 is 0. The molecule has 41 heavy (non-hydrogen) atoms. The molecule has 0 saturated heterocycles. The number of ether oxygens (including phenoxy) is 1. The molecule has 0 unspecified atom stereocenters. The van der Waals surface area contributed by atoms with Crippen molar-refractivity contribution in [2.45, 2.75) is 57.7 Å². The van der Waals surface area contributed by atoms with Crippen LogP contribution in [0.4, 0.5) is 10.5 Å². The number of aromatic amines is 1. The van der Waals surface area contributed by atoms with E-state index in [1.54, 1.807) is 25.7 Å². The third-order valence-corrected chi connectivity index (χ3v) is 7.28. The van der Waals surface area contributed by atoms with Crippen molar-refractivity contribution >= 4 is 34.5 Å². The molecule has 0 saturated carbocycles. The number of anilines is 1. The highest BCUT2D eigenvalue weighted by atomic mass is 16.6. The number of nitrogens with one attached hydrogen (secondary N) is 1. The Bertz CT molecular complexity index is 1560. The van der Waals surface area contributed by atoms with Gasteiger partial charge in [-0.15, -0.1) is 0 Å². The summed E-state index contributed by atoms with van der Waals surface area (Å²) in [4.78, 5) is 48.1. The van der Waals surface area contributed by atoms with Gasteiger partial charge in [0.05, 0.1) is 6.04 Å². The van der Waals surface area contributed by atoms with Crippen LogP contribution in [0.1, 0.15) is 37.5 Å². The van der Waals surface area contributed by atoms with Crippen molar-refractivity contribution in [1.82, 2.24) is 9.88 Å². The monoisotopic (exact) mass is 552 g/mol. The van der Waals surface area contributed by atoms with E-state index in [-0.39, 0.29) is 18.7 Å². The molecular formula is C33H36N4O4. The lowest BCUT2D eigenvalue weighted by Crippen LogP contribution is -2.59. The maximum absolute atomic E-state index is 14.3. The third kappa shape index (κ3) is 6.18. The maximum Gasteiger partial charge on any atom is 0.417 e. The van der Waals surface area contributed by atoms with Gasteiger partial charge in [0.25, 0.3) is 5.91 Å². The lowest BCUT2D eigenvalue weighted by atomic mass is 10.0. The summed E-state index contributed by atoms with van der Waals surface area (Å²) in [6.07, 6.45) is 1.94. The summed E-state index contributed by atoms with van der Waals surface area (Å²) in [6, 6.07) is 22.6. The van der Waals surface area contributed by atoms with E-state index in [2.05, 4.69) is 4.98 Å². The summed E-state index contributed by atoms with van der Waals surface area (Å²) in [6.45, 7) is 5.64. The first-order valence-electron chi connectivity index (χ1n) is 13.9. The van der Waals surface area contributed by atoms with Gasteiger partial charge in [0.1, 0.15) is 11.6 Å². The van der Waals surface area contributed by atoms with Crippen LogP contribution >= 0.6 is 0 Å². The number of carbonyl (C=O) groups excluding carboxylic acids is 3. The van der Waals surface area contributed by atoms with Gasteiger partial charge >= 0.3 is 6.09 Å². The highest BCUT2D eigenvalue weighted by molar-refractivity contribution is 6.06.